The fraction of sp³-hybridized carbons (Fsp3) is 0.318. The van der Waals surface area contributed by atoms with Gasteiger partial charge in [0.15, 0.2) is 9.84 Å². The lowest BCUT2D eigenvalue weighted by atomic mass is 10.1. The largest absolute Gasteiger partial charge is 0.496 e. The maximum absolute atomic E-state index is 12.8. The first-order valence-corrected chi connectivity index (χ1v) is 11.4. The highest BCUT2D eigenvalue weighted by molar-refractivity contribution is 7.93. The van der Waals surface area contributed by atoms with Crippen LogP contribution in [0.1, 0.15) is 11.1 Å². The zero-order valence-electron chi connectivity index (χ0n) is 18.8. The molecule has 0 aromatic heterocycles. The standard InChI is InChI=1S/C22H28N2O8S/c1-29-15-10-20(31-3)16(21(11-15)32-4)7-8-33(27,28)13-14-5-6-19(30-2)18(9-14)24-22(26)17(23)12-25/h5-11,17,25H,12-13,23H2,1-4H3,(H,24,26)/t17-/m0/s1. The molecule has 0 spiro atoms. The monoisotopic (exact) mass is 480 g/mol. The number of carbonyl (C=O) groups is 1. The predicted octanol–water partition coefficient (Wildman–Crippen LogP) is 1.56. The number of aliphatic hydroxyl groups excluding tert-OH is 1. The second-order valence-electron chi connectivity index (χ2n) is 6.87. The van der Waals surface area contributed by atoms with Crippen LogP contribution in [0.2, 0.25) is 0 Å². The molecule has 1 atom stereocenters. The minimum Gasteiger partial charge on any atom is -0.496 e. The molecule has 0 saturated heterocycles. The van der Waals surface area contributed by atoms with Crippen molar-refractivity contribution in [1.29, 1.82) is 0 Å². The molecule has 0 aliphatic carbocycles. The summed E-state index contributed by atoms with van der Waals surface area (Å²) < 4.78 is 46.6. The first-order valence-electron chi connectivity index (χ1n) is 9.73. The van der Waals surface area contributed by atoms with Crippen molar-refractivity contribution in [1.82, 2.24) is 0 Å². The van der Waals surface area contributed by atoms with Gasteiger partial charge in [-0.2, -0.15) is 0 Å². The van der Waals surface area contributed by atoms with E-state index in [0.717, 1.165) is 5.41 Å². The summed E-state index contributed by atoms with van der Waals surface area (Å²) in [4.78, 5) is 12.0. The van der Waals surface area contributed by atoms with Gasteiger partial charge in [-0.05, 0) is 23.8 Å². The summed E-state index contributed by atoms with van der Waals surface area (Å²) >= 11 is 0. The van der Waals surface area contributed by atoms with Crippen molar-refractivity contribution in [3.8, 4) is 23.0 Å². The predicted molar refractivity (Wildman–Crippen MR) is 124 cm³/mol. The minimum absolute atomic E-state index is 0.238. The summed E-state index contributed by atoms with van der Waals surface area (Å²) in [5.41, 5.74) is 6.60. The Kier molecular flexibility index (Phi) is 9.09. The van der Waals surface area contributed by atoms with E-state index in [2.05, 4.69) is 5.32 Å². The van der Waals surface area contributed by atoms with Crippen molar-refractivity contribution in [2.75, 3.05) is 40.4 Å². The lowest BCUT2D eigenvalue weighted by molar-refractivity contribution is -0.118. The molecule has 2 aromatic carbocycles. The lowest BCUT2D eigenvalue weighted by Gasteiger charge is -2.14. The molecule has 0 fully saturated rings. The molecule has 0 aliphatic rings. The maximum Gasteiger partial charge on any atom is 0.243 e. The number of benzene rings is 2. The molecular formula is C22H28N2O8S. The Labute approximate surface area is 192 Å². The Bertz CT molecular complexity index is 1090. The molecule has 0 heterocycles. The van der Waals surface area contributed by atoms with Crippen LogP contribution in [0.25, 0.3) is 6.08 Å². The van der Waals surface area contributed by atoms with Gasteiger partial charge in [-0.15, -0.1) is 0 Å². The number of amides is 1. The number of rotatable bonds is 11. The van der Waals surface area contributed by atoms with Crippen LogP contribution in [0.5, 0.6) is 23.0 Å². The first kappa shape index (κ1) is 26.0. The zero-order chi connectivity index (χ0) is 24.6. The van der Waals surface area contributed by atoms with Gasteiger partial charge in [0.25, 0.3) is 0 Å². The lowest BCUT2D eigenvalue weighted by Crippen LogP contribution is -2.38. The van der Waals surface area contributed by atoms with Crippen molar-refractivity contribution in [2.24, 2.45) is 5.73 Å². The van der Waals surface area contributed by atoms with Gasteiger partial charge in [-0.1, -0.05) is 6.07 Å². The van der Waals surface area contributed by atoms with Crippen LogP contribution < -0.4 is 30.0 Å². The van der Waals surface area contributed by atoms with E-state index < -0.39 is 28.4 Å². The van der Waals surface area contributed by atoms with Crippen LogP contribution >= 0.6 is 0 Å². The molecule has 2 aromatic rings. The van der Waals surface area contributed by atoms with Crippen molar-refractivity contribution in [3.05, 3.63) is 46.9 Å². The normalized spacial score (nSPS) is 12.3. The van der Waals surface area contributed by atoms with E-state index in [9.17, 15) is 13.2 Å². The molecule has 33 heavy (non-hydrogen) atoms. The van der Waals surface area contributed by atoms with Gasteiger partial charge in [-0.3, -0.25) is 4.79 Å². The number of sulfone groups is 1. The van der Waals surface area contributed by atoms with E-state index in [1.165, 1.54) is 46.6 Å². The molecule has 2 rings (SSSR count). The van der Waals surface area contributed by atoms with Gasteiger partial charge in [0.2, 0.25) is 5.91 Å². The van der Waals surface area contributed by atoms with Gasteiger partial charge in [0.05, 0.1) is 52.0 Å². The van der Waals surface area contributed by atoms with Crippen molar-refractivity contribution in [3.63, 3.8) is 0 Å². The van der Waals surface area contributed by atoms with Gasteiger partial charge in [0, 0.05) is 17.5 Å². The number of ether oxygens (including phenoxy) is 4. The molecule has 0 radical (unpaired) electrons. The topological polar surface area (TPSA) is 146 Å². The number of hydrogen-bond donors (Lipinski definition) is 3. The van der Waals surface area contributed by atoms with Crippen LogP contribution in [0, 0.1) is 0 Å². The second-order valence-corrected chi connectivity index (χ2v) is 8.76. The quantitative estimate of drug-likeness (QED) is 0.436. The number of methoxy groups -OCH3 is 4. The SMILES string of the molecule is COc1cc(OC)c(C=CS(=O)(=O)Cc2ccc(OC)c(NC(=O)[C@@H](N)CO)c2)c(OC)c1. The van der Waals surface area contributed by atoms with Crippen LogP contribution in [-0.4, -0.2) is 60.5 Å². The average Bonchev–Trinajstić information content (AvgIpc) is 2.81. The van der Waals surface area contributed by atoms with E-state index in [4.69, 9.17) is 29.8 Å². The molecule has 11 heteroatoms. The van der Waals surface area contributed by atoms with Crippen molar-refractivity contribution >= 4 is 27.5 Å². The molecule has 4 N–H and O–H groups in total. The Morgan fingerprint density at radius 2 is 1.64 bits per heavy atom. The van der Waals surface area contributed by atoms with E-state index in [-0.39, 0.29) is 11.4 Å². The summed E-state index contributed by atoms with van der Waals surface area (Å²) in [6, 6.07) is 6.68. The number of hydrogen-bond acceptors (Lipinski definition) is 9. The number of aliphatic hydroxyl groups is 1. The summed E-state index contributed by atoms with van der Waals surface area (Å²) in [5, 5.41) is 12.6. The van der Waals surface area contributed by atoms with Gasteiger partial charge < -0.3 is 35.1 Å². The smallest absolute Gasteiger partial charge is 0.243 e. The third-order valence-corrected chi connectivity index (χ3v) is 5.90. The van der Waals surface area contributed by atoms with Gasteiger partial charge >= 0.3 is 0 Å². The summed E-state index contributed by atoms with van der Waals surface area (Å²) in [5.74, 6) is 0.604. The molecule has 0 saturated carbocycles. The summed E-state index contributed by atoms with van der Waals surface area (Å²) in [6.45, 7) is -0.536. The van der Waals surface area contributed by atoms with Gasteiger partial charge in [0.1, 0.15) is 29.0 Å². The average molecular weight is 481 g/mol. The van der Waals surface area contributed by atoms with E-state index in [0.29, 0.717) is 34.1 Å². The summed E-state index contributed by atoms with van der Waals surface area (Å²) in [7, 11) is 2.09. The van der Waals surface area contributed by atoms with E-state index in [1.54, 1.807) is 18.2 Å². The van der Waals surface area contributed by atoms with Crippen LogP contribution in [0.15, 0.2) is 35.7 Å². The Hall–Kier alpha value is -3.28. The Morgan fingerprint density at radius 3 is 2.15 bits per heavy atom. The maximum atomic E-state index is 12.8. The van der Waals surface area contributed by atoms with Crippen LogP contribution in [-0.2, 0) is 20.4 Å². The highest BCUT2D eigenvalue weighted by Gasteiger charge is 2.17. The molecular weight excluding hydrogens is 452 g/mol. The number of anilines is 1. The first-order chi connectivity index (χ1) is 15.7. The Morgan fingerprint density at radius 1 is 1.03 bits per heavy atom. The number of nitrogens with two attached hydrogens (primary N) is 1. The molecule has 0 unspecified atom stereocenters. The fourth-order valence-corrected chi connectivity index (χ4v) is 3.98. The van der Waals surface area contributed by atoms with E-state index >= 15 is 0 Å². The minimum atomic E-state index is -3.73. The second kappa shape index (κ2) is 11.5. The number of carbonyl (C=O) groups excluding carboxylic acids is 1. The van der Waals surface area contributed by atoms with Crippen molar-refractivity contribution < 1.29 is 37.3 Å². The highest BCUT2D eigenvalue weighted by atomic mass is 32.2. The zero-order valence-corrected chi connectivity index (χ0v) is 19.6. The van der Waals surface area contributed by atoms with Crippen LogP contribution in [0.4, 0.5) is 5.69 Å². The van der Waals surface area contributed by atoms with E-state index in [1.807, 2.05) is 0 Å². The fourth-order valence-electron chi connectivity index (χ4n) is 2.90. The molecule has 10 nitrogen and oxygen atoms in total. The molecule has 0 aliphatic heterocycles. The highest BCUT2D eigenvalue weighted by Crippen LogP contribution is 2.35. The Balaban J connectivity index is 2.32. The van der Waals surface area contributed by atoms with Crippen molar-refractivity contribution in [2.45, 2.75) is 11.8 Å². The van der Waals surface area contributed by atoms with Gasteiger partial charge in [-0.25, -0.2) is 8.42 Å². The van der Waals surface area contributed by atoms with Crippen LogP contribution in [0.3, 0.4) is 0 Å². The summed E-state index contributed by atoms with van der Waals surface area (Å²) in [6.07, 6.45) is 1.39. The third-order valence-electron chi connectivity index (χ3n) is 4.62. The molecule has 0 bridgehead atoms. The number of nitrogens with one attached hydrogen (secondary N) is 1. The molecule has 180 valence electrons. The third kappa shape index (κ3) is 6.85. The molecule has 1 amide bonds.